The van der Waals surface area contributed by atoms with Gasteiger partial charge in [0.25, 0.3) is 0 Å². The normalized spacial score (nSPS) is 18.6. The first-order chi connectivity index (χ1) is 7.36. The van der Waals surface area contributed by atoms with Crippen molar-refractivity contribution >= 4 is 11.8 Å². The van der Waals surface area contributed by atoms with Gasteiger partial charge >= 0.3 is 0 Å². The molecule has 0 saturated carbocycles. The molecule has 0 aromatic carbocycles. The van der Waals surface area contributed by atoms with Crippen LogP contribution < -0.4 is 5.32 Å². The van der Waals surface area contributed by atoms with Crippen molar-refractivity contribution in [2.45, 2.75) is 26.7 Å². The minimum Gasteiger partial charge on any atom is -0.315 e. The van der Waals surface area contributed by atoms with Gasteiger partial charge < -0.3 is 10.2 Å². The fraction of sp³-hybridized carbons (Fsp3) is 1.00. The van der Waals surface area contributed by atoms with Crippen molar-refractivity contribution in [3.05, 3.63) is 0 Å². The van der Waals surface area contributed by atoms with Crippen LogP contribution in [0.2, 0.25) is 0 Å². The molecule has 0 aromatic rings. The Hall–Kier alpha value is 0.270. The minimum absolute atomic E-state index is 0.947. The summed E-state index contributed by atoms with van der Waals surface area (Å²) in [6.45, 7) is 10.4. The van der Waals surface area contributed by atoms with Crippen molar-refractivity contribution in [3.8, 4) is 0 Å². The maximum Gasteiger partial charge on any atom is 0.0107 e. The zero-order chi connectivity index (χ0) is 10.9. The highest BCUT2D eigenvalue weighted by Crippen LogP contribution is 2.21. The van der Waals surface area contributed by atoms with Gasteiger partial charge in [0.1, 0.15) is 0 Å². The summed E-state index contributed by atoms with van der Waals surface area (Å²) in [5.41, 5.74) is 0. The Balaban J connectivity index is 1.95. The Kier molecular flexibility index (Phi) is 7.49. The van der Waals surface area contributed by atoms with Gasteiger partial charge in [0.05, 0.1) is 0 Å². The lowest BCUT2D eigenvalue weighted by Crippen LogP contribution is -2.34. The van der Waals surface area contributed by atoms with Crippen LogP contribution in [-0.2, 0) is 0 Å². The lowest BCUT2D eigenvalue weighted by molar-refractivity contribution is 0.297. The minimum atomic E-state index is 0.947. The quantitative estimate of drug-likeness (QED) is 0.674. The molecule has 90 valence electrons. The third-order valence-corrected chi connectivity index (χ3v) is 4.32. The Bertz CT molecular complexity index is 143. The topological polar surface area (TPSA) is 15.3 Å². The molecule has 0 aliphatic carbocycles. The molecular formula is C12H26N2S. The SMILES string of the molecule is CCN(CC)CCNCC1CCSCC1. The molecular weight excluding hydrogens is 204 g/mol. The summed E-state index contributed by atoms with van der Waals surface area (Å²) in [6.07, 6.45) is 2.84. The summed E-state index contributed by atoms with van der Waals surface area (Å²) in [7, 11) is 0. The second-order valence-electron chi connectivity index (χ2n) is 4.29. The fourth-order valence-corrected chi connectivity index (χ4v) is 3.24. The molecule has 1 fully saturated rings. The molecule has 0 atom stereocenters. The number of hydrogen-bond acceptors (Lipinski definition) is 3. The molecule has 0 aromatic heterocycles. The van der Waals surface area contributed by atoms with E-state index in [2.05, 4.69) is 35.8 Å². The van der Waals surface area contributed by atoms with Gasteiger partial charge in [-0.3, -0.25) is 0 Å². The molecule has 1 heterocycles. The van der Waals surface area contributed by atoms with E-state index in [1.54, 1.807) is 0 Å². The van der Waals surface area contributed by atoms with Gasteiger partial charge in [-0.25, -0.2) is 0 Å². The molecule has 0 amide bonds. The Labute approximate surface area is 99.2 Å². The van der Waals surface area contributed by atoms with Crippen LogP contribution in [0.3, 0.4) is 0 Å². The van der Waals surface area contributed by atoms with E-state index in [1.165, 1.54) is 50.5 Å². The molecule has 2 nitrogen and oxygen atoms in total. The molecule has 1 rings (SSSR count). The van der Waals surface area contributed by atoms with Crippen molar-refractivity contribution in [1.29, 1.82) is 0 Å². The summed E-state index contributed by atoms with van der Waals surface area (Å²) in [4.78, 5) is 2.48. The fourth-order valence-electron chi connectivity index (χ4n) is 2.03. The Morgan fingerprint density at radius 2 is 1.87 bits per heavy atom. The Morgan fingerprint density at radius 3 is 2.47 bits per heavy atom. The van der Waals surface area contributed by atoms with Gasteiger partial charge in [-0.15, -0.1) is 0 Å². The van der Waals surface area contributed by atoms with E-state index in [-0.39, 0.29) is 0 Å². The standard InChI is InChI=1S/C12H26N2S/c1-3-14(4-2)8-7-13-11-12-5-9-15-10-6-12/h12-13H,3-11H2,1-2H3. The number of rotatable bonds is 7. The predicted octanol–water partition coefficient (Wildman–Crippen LogP) is 2.06. The smallest absolute Gasteiger partial charge is 0.0107 e. The van der Waals surface area contributed by atoms with Gasteiger partial charge in [0.2, 0.25) is 0 Å². The summed E-state index contributed by atoms with van der Waals surface area (Å²) in [5.74, 6) is 3.70. The number of thioether (sulfide) groups is 1. The molecule has 0 radical (unpaired) electrons. The molecule has 0 spiro atoms. The van der Waals surface area contributed by atoms with Crippen LogP contribution in [0.1, 0.15) is 26.7 Å². The molecule has 0 unspecified atom stereocenters. The molecule has 3 heteroatoms. The first kappa shape index (κ1) is 13.3. The van der Waals surface area contributed by atoms with Crippen LogP contribution >= 0.6 is 11.8 Å². The summed E-state index contributed by atoms with van der Waals surface area (Å²) in [6, 6.07) is 0. The first-order valence-corrected chi connectivity index (χ1v) is 7.53. The Morgan fingerprint density at radius 1 is 1.20 bits per heavy atom. The maximum atomic E-state index is 3.60. The average Bonchev–Trinajstić information content (AvgIpc) is 2.31. The van der Waals surface area contributed by atoms with E-state index >= 15 is 0 Å². The van der Waals surface area contributed by atoms with E-state index in [4.69, 9.17) is 0 Å². The molecule has 1 aliphatic heterocycles. The van der Waals surface area contributed by atoms with E-state index in [0.29, 0.717) is 0 Å². The third-order valence-electron chi connectivity index (χ3n) is 3.27. The third kappa shape index (κ3) is 5.79. The summed E-state index contributed by atoms with van der Waals surface area (Å²) in [5, 5.41) is 3.60. The van der Waals surface area contributed by atoms with Crippen molar-refractivity contribution in [3.63, 3.8) is 0 Å². The van der Waals surface area contributed by atoms with Crippen molar-refractivity contribution in [1.82, 2.24) is 10.2 Å². The van der Waals surface area contributed by atoms with Gasteiger partial charge in [0.15, 0.2) is 0 Å². The van der Waals surface area contributed by atoms with E-state index < -0.39 is 0 Å². The second-order valence-corrected chi connectivity index (χ2v) is 5.51. The zero-order valence-corrected chi connectivity index (χ0v) is 11.1. The molecule has 1 aliphatic rings. The molecule has 15 heavy (non-hydrogen) atoms. The second kappa shape index (κ2) is 8.43. The number of likely N-dealkylation sites (N-methyl/N-ethyl adjacent to an activating group) is 1. The van der Waals surface area contributed by atoms with Crippen LogP contribution in [0.5, 0.6) is 0 Å². The van der Waals surface area contributed by atoms with Crippen LogP contribution in [0.4, 0.5) is 0 Å². The lowest BCUT2D eigenvalue weighted by atomic mass is 10.0. The van der Waals surface area contributed by atoms with Crippen LogP contribution in [0.15, 0.2) is 0 Å². The predicted molar refractivity (Wildman–Crippen MR) is 70.7 cm³/mol. The lowest BCUT2D eigenvalue weighted by Gasteiger charge is -2.23. The maximum absolute atomic E-state index is 3.60. The van der Waals surface area contributed by atoms with Crippen LogP contribution in [0, 0.1) is 5.92 Å². The molecule has 1 N–H and O–H groups in total. The van der Waals surface area contributed by atoms with E-state index in [0.717, 1.165) is 12.5 Å². The van der Waals surface area contributed by atoms with Crippen molar-refractivity contribution in [2.75, 3.05) is 44.2 Å². The van der Waals surface area contributed by atoms with Gasteiger partial charge in [-0.1, -0.05) is 13.8 Å². The largest absolute Gasteiger partial charge is 0.315 e. The number of hydrogen-bond donors (Lipinski definition) is 1. The van der Waals surface area contributed by atoms with E-state index in [1.807, 2.05) is 0 Å². The summed E-state index contributed by atoms with van der Waals surface area (Å²) < 4.78 is 0. The number of nitrogens with one attached hydrogen (secondary N) is 1. The monoisotopic (exact) mass is 230 g/mol. The molecule has 0 bridgehead atoms. The molecule has 1 saturated heterocycles. The van der Waals surface area contributed by atoms with E-state index in [9.17, 15) is 0 Å². The highest BCUT2D eigenvalue weighted by molar-refractivity contribution is 7.99. The first-order valence-electron chi connectivity index (χ1n) is 6.37. The zero-order valence-electron chi connectivity index (χ0n) is 10.3. The van der Waals surface area contributed by atoms with Crippen molar-refractivity contribution < 1.29 is 0 Å². The number of nitrogens with zero attached hydrogens (tertiary/aromatic N) is 1. The van der Waals surface area contributed by atoms with Crippen LogP contribution in [0.25, 0.3) is 0 Å². The average molecular weight is 230 g/mol. The summed E-state index contributed by atoms with van der Waals surface area (Å²) >= 11 is 2.11. The highest BCUT2D eigenvalue weighted by atomic mass is 32.2. The highest BCUT2D eigenvalue weighted by Gasteiger charge is 2.12. The van der Waals surface area contributed by atoms with Crippen molar-refractivity contribution in [2.24, 2.45) is 5.92 Å². The van der Waals surface area contributed by atoms with Crippen LogP contribution in [-0.4, -0.2) is 49.1 Å². The van der Waals surface area contributed by atoms with Gasteiger partial charge in [-0.05, 0) is 49.9 Å². The van der Waals surface area contributed by atoms with Gasteiger partial charge in [0, 0.05) is 13.1 Å². The van der Waals surface area contributed by atoms with Gasteiger partial charge in [-0.2, -0.15) is 11.8 Å².